The SMILES string of the molecule is C=CC(=O)N1CCCC(Nc2ncncc2C(=N)c2ccc(F)c(Cl)c2)C1. The number of benzene rings is 1. The smallest absolute Gasteiger partial charge is 0.246 e. The molecule has 1 saturated heterocycles. The number of halogens is 2. The third-order valence-electron chi connectivity index (χ3n) is 4.44. The molecule has 27 heavy (non-hydrogen) atoms. The van der Waals surface area contributed by atoms with Gasteiger partial charge < -0.3 is 10.2 Å². The molecule has 0 radical (unpaired) electrons. The summed E-state index contributed by atoms with van der Waals surface area (Å²) in [7, 11) is 0. The number of nitrogens with zero attached hydrogens (tertiary/aromatic N) is 3. The average molecular weight is 388 g/mol. The van der Waals surface area contributed by atoms with Crippen LogP contribution in [-0.2, 0) is 4.79 Å². The van der Waals surface area contributed by atoms with Crippen molar-refractivity contribution in [2.45, 2.75) is 18.9 Å². The molecule has 0 bridgehead atoms. The van der Waals surface area contributed by atoms with E-state index in [0.29, 0.717) is 30.0 Å². The van der Waals surface area contributed by atoms with E-state index in [1.54, 1.807) is 4.90 Å². The van der Waals surface area contributed by atoms with Crippen molar-refractivity contribution in [3.05, 3.63) is 65.3 Å². The number of amides is 1. The molecule has 6 nitrogen and oxygen atoms in total. The molecule has 1 amide bonds. The van der Waals surface area contributed by atoms with E-state index in [4.69, 9.17) is 17.0 Å². The van der Waals surface area contributed by atoms with Gasteiger partial charge in [-0.3, -0.25) is 10.2 Å². The van der Waals surface area contributed by atoms with Crippen molar-refractivity contribution in [3.8, 4) is 0 Å². The highest BCUT2D eigenvalue weighted by Crippen LogP contribution is 2.22. The summed E-state index contributed by atoms with van der Waals surface area (Å²) in [6.07, 6.45) is 5.98. The van der Waals surface area contributed by atoms with Gasteiger partial charge in [0, 0.05) is 30.9 Å². The lowest BCUT2D eigenvalue weighted by Crippen LogP contribution is -2.44. The van der Waals surface area contributed by atoms with Crippen LogP contribution in [0, 0.1) is 11.2 Å². The molecule has 1 aromatic carbocycles. The molecule has 2 aromatic rings. The summed E-state index contributed by atoms with van der Waals surface area (Å²) < 4.78 is 13.4. The van der Waals surface area contributed by atoms with E-state index in [2.05, 4.69) is 21.9 Å². The lowest BCUT2D eigenvalue weighted by molar-refractivity contribution is -0.127. The summed E-state index contributed by atoms with van der Waals surface area (Å²) in [4.78, 5) is 21.9. The first-order valence-electron chi connectivity index (χ1n) is 8.52. The third kappa shape index (κ3) is 4.31. The zero-order valence-corrected chi connectivity index (χ0v) is 15.3. The highest BCUT2D eigenvalue weighted by atomic mass is 35.5. The maximum Gasteiger partial charge on any atom is 0.246 e. The quantitative estimate of drug-likeness (QED) is 0.609. The Balaban J connectivity index is 1.81. The van der Waals surface area contributed by atoms with Crippen LogP contribution in [0.4, 0.5) is 10.2 Å². The Kier molecular flexibility index (Phi) is 5.81. The molecular weight excluding hydrogens is 369 g/mol. The van der Waals surface area contributed by atoms with Crippen LogP contribution in [0.25, 0.3) is 0 Å². The van der Waals surface area contributed by atoms with E-state index < -0.39 is 5.82 Å². The highest BCUT2D eigenvalue weighted by molar-refractivity contribution is 6.31. The van der Waals surface area contributed by atoms with Gasteiger partial charge in [-0.1, -0.05) is 18.2 Å². The van der Waals surface area contributed by atoms with Crippen LogP contribution < -0.4 is 5.32 Å². The molecule has 0 saturated carbocycles. The van der Waals surface area contributed by atoms with Gasteiger partial charge in [-0.15, -0.1) is 0 Å². The Morgan fingerprint density at radius 3 is 3.04 bits per heavy atom. The van der Waals surface area contributed by atoms with Crippen molar-refractivity contribution < 1.29 is 9.18 Å². The summed E-state index contributed by atoms with van der Waals surface area (Å²) in [5.41, 5.74) is 1.08. The van der Waals surface area contributed by atoms with Gasteiger partial charge in [-0.05, 0) is 37.1 Å². The maximum atomic E-state index is 13.4. The second-order valence-electron chi connectivity index (χ2n) is 6.26. The largest absolute Gasteiger partial charge is 0.365 e. The van der Waals surface area contributed by atoms with Crippen LogP contribution in [0.2, 0.25) is 5.02 Å². The molecule has 2 heterocycles. The van der Waals surface area contributed by atoms with Crippen molar-refractivity contribution in [2.75, 3.05) is 18.4 Å². The molecule has 1 atom stereocenters. The summed E-state index contributed by atoms with van der Waals surface area (Å²) in [6.45, 7) is 4.76. The first kappa shape index (κ1) is 19.0. The van der Waals surface area contributed by atoms with Crippen LogP contribution in [0.5, 0.6) is 0 Å². The van der Waals surface area contributed by atoms with Crippen molar-refractivity contribution in [1.82, 2.24) is 14.9 Å². The van der Waals surface area contributed by atoms with Gasteiger partial charge in [0.1, 0.15) is 18.0 Å². The molecule has 1 aliphatic heterocycles. The number of anilines is 1. The Labute approximate surface area is 161 Å². The Bertz CT molecular complexity index is 888. The number of rotatable bonds is 5. The Hall–Kier alpha value is -2.80. The van der Waals surface area contributed by atoms with Gasteiger partial charge >= 0.3 is 0 Å². The van der Waals surface area contributed by atoms with Crippen LogP contribution in [0.3, 0.4) is 0 Å². The van der Waals surface area contributed by atoms with Gasteiger partial charge in [0.05, 0.1) is 16.3 Å². The Morgan fingerprint density at radius 1 is 1.48 bits per heavy atom. The molecule has 1 fully saturated rings. The van der Waals surface area contributed by atoms with E-state index in [0.717, 1.165) is 12.8 Å². The maximum absolute atomic E-state index is 13.4. The molecule has 8 heteroatoms. The van der Waals surface area contributed by atoms with Crippen LogP contribution >= 0.6 is 11.6 Å². The number of hydrogen-bond donors (Lipinski definition) is 2. The Morgan fingerprint density at radius 2 is 2.30 bits per heavy atom. The van der Waals surface area contributed by atoms with Gasteiger partial charge in [-0.2, -0.15) is 0 Å². The molecule has 1 aromatic heterocycles. The van der Waals surface area contributed by atoms with E-state index in [1.165, 1.54) is 36.8 Å². The lowest BCUT2D eigenvalue weighted by Gasteiger charge is -2.33. The molecule has 0 spiro atoms. The number of piperidine rings is 1. The summed E-state index contributed by atoms with van der Waals surface area (Å²) >= 11 is 5.84. The zero-order chi connectivity index (χ0) is 19.4. The molecule has 3 rings (SSSR count). The molecule has 1 unspecified atom stereocenters. The van der Waals surface area contributed by atoms with Crippen molar-refractivity contribution >= 4 is 29.0 Å². The minimum absolute atomic E-state index is 0.000839. The predicted molar refractivity (Wildman–Crippen MR) is 103 cm³/mol. The monoisotopic (exact) mass is 387 g/mol. The van der Waals surface area contributed by atoms with Crippen molar-refractivity contribution in [3.63, 3.8) is 0 Å². The first-order valence-corrected chi connectivity index (χ1v) is 8.89. The summed E-state index contributed by atoms with van der Waals surface area (Å²) in [5.74, 6) is -0.142. The average Bonchev–Trinajstić information content (AvgIpc) is 2.69. The third-order valence-corrected chi connectivity index (χ3v) is 4.73. The lowest BCUT2D eigenvalue weighted by atomic mass is 10.0. The molecule has 0 aliphatic carbocycles. The number of carbonyl (C=O) groups excluding carboxylic acids is 1. The number of hydrogen-bond acceptors (Lipinski definition) is 5. The zero-order valence-electron chi connectivity index (χ0n) is 14.6. The van der Waals surface area contributed by atoms with Gasteiger partial charge in [0.15, 0.2) is 0 Å². The van der Waals surface area contributed by atoms with E-state index >= 15 is 0 Å². The molecule has 140 valence electrons. The van der Waals surface area contributed by atoms with Gasteiger partial charge in [-0.25, -0.2) is 14.4 Å². The fourth-order valence-corrected chi connectivity index (χ4v) is 3.23. The van der Waals surface area contributed by atoms with Gasteiger partial charge in [0.25, 0.3) is 0 Å². The van der Waals surface area contributed by atoms with E-state index in [-0.39, 0.29) is 22.7 Å². The predicted octanol–water partition coefficient (Wildman–Crippen LogP) is 3.27. The number of carbonyl (C=O) groups is 1. The minimum Gasteiger partial charge on any atom is -0.365 e. The van der Waals surface area contributed by atoms with Crippen molar-refractivity contribution in [2.24, 2.45) is 0 Å². The minimum atomic E-state index is -0.537. The fraction of sp³-hybridized carbons (Fsp3) is 0.263. The van der Waals surface area contributed by atoms with Gasteiger partial charge in [0.2, 0.25) is 5.91 Å². The normalized spacial score (nSPS) is 16.7. The summed E-state index contributed by atoms with van der Waals surface area (Å²) in [5, 5.41) is 11.7. The number of nitrogens with one attached hydrogen (secondary N) is 2. The number of aromatic nitrogens is 2. The van der Waals surface area contributed by atoms with E-state index in [9.17, 15) is 9.18 Å². The highest BCUT2D eigenvalue weighted by Gasteiger charge is 2.24. The fourth-order valence-electron chi connectivity index (χ4n) is 3.05. The number of likely N-dealkylation sites (tertiary alicyclic amines) is 1. The topological polar surface area (TPSA) is 82.0 Å². The molecule has 1 aliphatic rings. The molecular formula is C19H19ClFN5O. The second-order valence-corrected chi connectivity index (χ2v) is 6.67. The van der Waals surface area contributed by atoms with Crippen molar-refractivity contribution in [1.29, 1.82) is 5.41 Å². The first-order chi connectivity index (χ1) is 13.0. The van der Waals surface area contributed by atoms with Crippen LogP contribution in [0.15, 0.2) is 43.4 Å². The van der Waals surface area contributed by atoms with Crippen LogP contribution in [-0.4, -0.2) is 45.6 Å². The molecule has 2 N–H and O–H groups in total. The second kappa shape index (κ2) is 8.26. The van der Waals surface area contributed by atoms with E-state index in [1.807, 2.05) is 0 Å². The summed E-state index contributed by atoms with van der Waals surface area (Å²) in [6, 6.07) is 4.12. The standard InChI is InChI=1S/C19H19ClFN5O/c1-2-17(27)26-7-3-4-13(10-26)25-19-14(9-23-11-24-19)18(22)12-5-6-16(21)15(20)8-12/h2,5-6,8-9,11,13,22H,1,3-4,7,10H2,(H,23,24,25). The van der Waals surface area contributed by atoms with Crippen LogP contribution in [0.1, 0.15) is 24.0 Å².